The van der Waals surface area contributed by atoms with Crippen LogP contribution in [0.2, 0.25) is 0 Å². The van der Waals surface area contributed by atoms with E-state index in [4.69, 9.17) is 4.74 Å². The van der Waals surface area contributed by atoms with Gasteiger partial charge in [-0.15, -0.1) is 0 Å². The van der Waals surface area contributed by atoms with Crippen molar-refractivity contribution in [3.05, 3.63) is 0 Å². The number of piperidine rings is 1. The van der Waals surface area contributed by atoms with E-state index in [1.165, 1.54) is 0 Å². The van der Waals surface area contributed by atoms with Gasteiger partial charge in [-0.05, 0) is 18.8 Å². The first-order valence-corrected chi connectivity index (χ1v) is 5.02. The first-order chi connectivity index (χ1) is 6.57. The van der Waals surface area contributed by atoms with Crippen LogP contribution in [0.15, 0.2) is 0 Å². The highest BCUT2D eigenvalue weighted by molar-refractivity contribution is 5.98. The second kappa shape index (κ2) is 4.44. The van der Waals surface area contributed by atoms with Gasteiger partial charge in [-0.3, -0.25) is 9.59 Å². The van der Waals surface area contributed by atoms with Crippen LogP contribution in [-0.2, 0) is 14.3 Å². The van der Waals surface area contributed by atoms with Crippen molar-refractivity contribution < 1.29 is 14.3 Å². The normalized spacial score (nSPS) is 32.2. The molecule has 14 heavy (non-hydrogen) atoms. The minimum Gasteiger partial charge on any atom is -0.465 e. The minimum atomic E-state index is -0.626. The molecule has 0 aliphatic carbocycles. The van der Waals surface area contributed by atoms with E-state index in [-0.39, 0.29) is 11.8 Å². The fourth-order valence-corrected chi connectivity index (χ4v) is 1.68. The van der Waals surface area contributed by atoms with E-state index in [0.717, 1.165) is 0 Å². The summed E-state index contributed by atoms with van der Waals surface area (Å²) in [5.41, 5.74) is 0. The van der Waals surface area contributed by atoms with Gasteiger partial charge in [0.1, 0.15) is 5.92 Å². The van der Waals surface area contributed by atoms with Gasteiger partial charge in [-0.25, -0.2) is 0 Å². The van der Waals surface area contributed by atoms with Crippen molar-refractivity contribution >= 4 is 11.9 Å². The zero-order valence-electron chi connectivity index (χ0n) is 8.87. The van der Waals surface area contributed by atoms with Gasteiger partial charge < -0.3 is 10.1 Å². The molecule has 4 heteroatoms. The lowest BCUT2D eigenvalue weighted by molar-refractivity contribution is -0.156. The molecule has 80 valence electrons. The Morgan fingerprint density at radius 3 is 2.79 bits per heavy atom. The third kappa shape index (κ3) is 2.05. The summed E-state index contributed by atoms with van der Waals surface area (Å²) >= 11 is 0. The summed E-state index contributed by atoms with van der Waals surface area (Å²) in [6.07, 6.45) is 0. The SMILES string of the molecule is CCOC(=O)C1C(=O)NCC(C)C1C. The van der Waals surface area contributed by atoms with Crippen LogP contribution in [0, 0.1) is 17.8 Å². The number of hydrogen-bond donors (Lipinski definition) is 1. The second-order valence-electron chi connectivity index (χ2n) is 3.81. The van der Waals surface area contributed by atoms with Gasteiger partial charge in [0, 0.05) is 6.54 Å². The lowest BCUT2D eigenvalue weighted by Gasteiger charge is -2.31. The number of rotatable bonds is 2. The van der Waals surface area contributed by atoms with Gasteiger partial charge in [-0.1, -0.05) is 13.8 Å². The van der Waals surface area contributed by atoms with Crippen molar-refractivity contribution in [1.82, 2.24) is 5.32 Å². The van der Waals surface area contributed by atoms with Crippen molar-refractivity contribution in [3.8, 4) is 0 Å². The van der Waals surface area contributed by atoms with Gasteiger partial charge in [0.05, 0.1) is 6.61 Å². The molecule has 4 nitrogen and oxygen atoms in total. The number of ether oxygens (including phenoxy) is 1. The summed E-state index contributed by atoms with van der Waals surface area (Å²) in [7, 11) is 0. The molecule has 0 bridgehead atoms. The van der Waals surface area contributed by atoms with E-state index in [0.29, 0.717) is 19.1 Å². The molecular formula is C10H17NO3. The molecule has 1 aliphatic rings. The summed E-state index contributed by atoms with van der Waals surface area (Å²) in [4.78, 5) is 22.9. The standard InChI is InChI=1S/C10H17NO3/c1-4-14-10(13)8-7(3)6(2)5-11-9(8)12/h6-8H,4-5H2,1-3H3,(H,11,12). The van der Waals surface area contributed by atoms with Gasteiger partial charge in [0.15, 0.2) is 0 Å². The van der Waals surface area contributed by atoms with Crippen molar-refractivity contribution in [1.29, 1.82) is 0 Å². The predicted octanol–water partition coefficient (Wildman–Crippen LogP) is 0.568. The summed E-state index contributed by atoms with van der Waals surface area (Å²) in [5, 5.41) is 2.71. The van der Waals surface area contributed by atoms with E-state index in [1.54, 1.807) is 6.92 Å². The summed E-state index contributed by atoms with van der Waals surface area (Å²) in [5.74, 6) is -0.846. The first kappa shape index (κ1) is 11.0. The smallest absolute Gasteiger partial charge is 0.318 e. The van der Waals surface area contributed by atoms with Crippen molar-refractivity contribution in [2.75, 3.05) is 13.2 Å². The van der Waals surface area contributed by atoms with Crippen LogP contribution in [0.25, 0.3) is 0 Å². The molecule has 0 aromatic carbocycles. The molecule has 1 fully saturated rings. The Bertz CT molecular complexity index is 240. The molecule has 0 aromatic rings. The molecule has 1 aliphatic heterocycles. The third-order valence-corrected chi connectivity index (χ3v) is 2.84. The minimum absolute atomic E-state index is 0.0581. The van der Waals surface area contributed by atoms with Gasteiger partial charge in [0.2, 0.25) is 5.91 Å². The lowest BCUT2D eigenvalue weighted by atomic mass is 9.80. The molecule has 0 radical (unpaired) electrons. The highest BCUT2D eigenvalue weighted by Crippen LogP contribution is 2.25. The maximum absolute atomic E-state index is 11.5. The van der Waals surface area contributed by atoms with Crippen LogP contribution < -0.4 is 5.32 Å². The van der Waals surface area contributed by atoms with Crippen LogP contribution in [0.4, 0.5) is 0 Å². The molecule has 0 saturated carbocycles. The Morgan fingerprint density at radius 2 is 2.21 bits per heavy atom. The van der Waals surface area contributed by atoms with Crippen molar-refractivity contribution in [3.63, 3.8) is 0 Å². The number of amides is 1. The van der Waals surface area contributed by atoms with Crippen LogP contribution in [-0.4, -0.2) is 25.0 Å². The maximum atomic E-state index is 11.5. The largest absolute Gasteiger partial charge is 0.465 e. The third-order valence-electron chi connectivity index (χ3n) is 2.84. The van der Waals surface area contributed by atoms with Gasteiger partial charge in [-0.2, -0.15) is 0 Å². The average molecular weight is 199 g/mol. The number of hydrogen-bond acceptors (Lipinski definition) is 3. The number of carbonyl (C=O) groups excluding carboxylic acids is 2. The Morgan fingerprint density at radius 1 is 1.57 bits per heavy atom. The highest BCUT2D eigenvalue weighted by Gasteiger charge is 2.39. The number of carbonyl (C=O) groups is 2. The number of nitrogens with one attached hydrogen (secondary N) is 1. The van der Waals surface area contributed by atoms with Crippen LogP contribution in [0.5, 0.6) is 0 Å². The molecule has 1 amide bonds. The number of esters is 1. The summed E-state index contributed by atoms with van der Waals surface area (Å²) < 4.78 is 4.87. The van der Waals surface area contributed by atoms with Gasteiger partial charge >= 0.3 is 5.97 Å². The van der Waals surface area contributed by atoms with Crippen LogP contribution in [0.3, 0.4) is 0 Å². The fraction of sp³-hybridized carbons (Fsp3) is 0.800. The highest BCUT2D eigenvalue weighted by atomic mass is 16.5. The summed E-state index contributed by atoms with van der Waals surface area (Å²) in [6.45, 7) is 6.66. The van der Waals surface area contributed by atoms with E-state index < -0.39 is 11.9 Å². The molecule has 0 spiro atoms. The Balaban J connectivity index is 2.71. The van der Waals surface area contributed by atoms with Crippen LogP contribution in [0.1, 0.15) is 20.8 Å². The Kier molecular flexibility index (Phi) is 3.49. The molecule has 1 heterocycles. The van der Waals surface area contributed by atoms with Crippen LogP contribution >= 0.6 is 0 Å². The molecule has 3 unspecified atom stereocenters. The van der Waals surface area contributed by atoms with E-state index in [1.807, 2.05) is 13.8 Å². The van der Waals surface area contributed by atoms with Gasteiger partial charge in [0.25, 0.3) is 0 Å². The first-order valence-electron chi connectivity index (χ1n) is 5.02. The fourth-order valence-electron chi connectivity index (χ4n) is 1.68. The zero-order chi connectivity index (χ0) is 10.7. The molecule has 1 rings (SSSR count). The molecule has 1 saturated heterocycles. The Labute approximate surface area is 84.0 Å². The lowest BCUT2D eigenvalue weighted by Crippen LogP contribution is -2.49. The summed E-state index contributed by atoms with van der Waals surface area (Å²) in [6, 6.07) is 0. The van der Waals surface area contributed by atoms with Crippen molar-refractivity contribution in [2.45, 2.75) is 20.8 Å². The maximum Gasteiger partial charge on any atom is 0.318 e. The quantitative estimate of drug-likeness (QED) is 0.522. The Hall–Kier alpha value is -1.06. The monoisotopic (exact) mass is 199 g/mol. The molecule has 0 aromatic heterocycles. The average Bonchev–Trinajstić information content (AvgIpc) is 2.13. The van der Waals surface area contributed by atoms with E-state index in [2.05, 4.69) is 5.32 Å². The zero-order valence-corrected chi connectivity index (χ0v) is 8.87. The van der Waals surface area contributed by atoms with Crippen molar-refractivity contribution in [2.24, 2.45) is 17.8 Å². The molecule has 3 atom stereocenters. The predicted molar refractivity (Wildman–Crippen MR) is 51.5 cm³/mol. The van der Waals surface area contributed by atoms with E-state index >= 15 is 0 Å². The topological polar surface area (TPSA) is 55.4 Å². The van der Waals surface area contributed by atoms with E-state index in [9.17, 15) is 9.59 Å². The molecule has 1 N–H and O–H groups in total. The second-order valence-corrected chi connectivity index (χ2v) is 3.81. The molecular weight excluding hydrogens is 182 g/mol.